The standard InChI is InChI=1S/C9H11NO2.C6H13NO2.2C5H9NO2/c10-8(9(11)12)6-7-4-2-1-3-5-7;1-4(2)3-5(7)6(8)9;2*7-5(8)4-2-1-3-6-4/h1-5,8H,6,10H2,(H,11,12);4-5H,3,7H2,1-2H3,(H,8,9);2*4,6H,1-3H2,(H,7,8)/t8-;5-;2*4-/m0000/s1. The molecule has 0 radical (unpaired) electrons. The second-order valence-electron chi connectivity index (χ2n) is 9.18. The molecule has 10 N–H and O–H groups in total. The molecular weight excluding hydrogens is 484 g/mol. The van der Waals surface area contributed by atoms with E-state index in [-0.39, 0.29) is 12.1 Å². The normalized spacial score (nSPS) is 19.6. The molecule has 3 rings (SSSR count). The van der Waals surface area contributed by atoms with E-state index in [0.717, 1.165) is 44.3 Å². The molecule has 2 aliphatic rings. The Morgan fingerprint density at radius 1 is 0.811 bits per heavy atom. The van der Waals surface area contributed by atoms with E-state index in [4.69, 9.17) is 31.9 Å². The molecule has 0 bridgehead atoms. The second kappa shape index (κ2) is 19.1. The minimum Gasteiger partial charge on any atom is -0.480 e. The molecule has 2 fully saturated rings. The van der Waals surface area contributed by atoms with Crippen molar-refractivity contribution in [3.05, 3.63) is 35.9 Å². The van der Waals surface area contributed by atoms with Gasteiger partial charge in [-0.15, -0.1) is 0 Å². The van der Waals surface area contributed by atoms with Gasteiger partial charge >= 0.3 is 23.9 Å². The molecule has 0 spiro atoms. The minimum absolute atomic E-state index is 0.269. The van der Waals surface area contributed by atoms with Crippen LogP contribution in [-0.2, 0) is 25.6 Å². The smallest absolute Gasteiger partial charge is 0.320 e. The van der Waals surface area contributed by atoms with Gasteiger partial charge in [-0.25, -0.2) is 0 Å². The average Bonchev–Trinajstić information content (AvgIpc) is 3.55. The van der Waals surface area contributed by atoms with E-state index in [1.54, 1.807) is 0 Å². The average molecular weight is 527 g/mol. The lowest BCUT2D eigenvalue weighted by Crippen LogP contribution is -2.32. The van der Waals surface area contributed by atoms with Gasteiger partial charge in [-0.2, -0.15) is 0 Å². The molecule has 37 heavy (non-hydrogen) atoms. The van der Waals surface area contributed by atoms with Crippen LogP contribution in [0.4, 0.5) is 0 Å². The zero-order valence-corrected chi connectivity index (χ0v) is 21.5. The van der Waals surface area contributed by atoms with Crippen LogP contribution in [0, 0.1) is 5.92 Å². The molecular formula is C25H42N4O8. The van der Waals surface area contributed by atoms with Gasteiger partial charge < -0.3 is 42.5 Å². The summed E-state index contributed by atoms with van der Waals surface area (Å²) < 4.78 is 0. The van der Waals surface area contributed by atoms with E-state index in [0.29, 0.717) is 18.8 Å². The Bertz CT molecular complexity index is 784. The number of carboxylic acid groups (broad SMARTS) is 4. The number of nitrogens with two attached hydrogens (primary N) is 2. The van der Waals surface area contributed by atoms with Crippen LogP contribution >= 0.6 is 0 Å². The lowest BCUT2D eigenvalue weighted by Gasteiger charge is -2.07. The van der Waals surface area contributed by atoms with Gasteiger partial charge in [0.05, 0.1) is 0 Å². The summed E-state index contributed by atoms with van der Waals surface area (Å²) in [6, 6.07) is 7.32. The van der Waals surface area contributed by atoms with Crippen molar-refractivity contribution in [3.63, 3.8) is 0 Å². The third-order valence-electron chi connectivity index (χ3n) is 5.37. The van der Waals surface area contributed by atoms with Gasteiger partial charge in [0, 0.05) is 0 Å². The first-order chi connectivity index (χ1) is 17.3. The molecule has 1 aromatic carbocycles. The number of carbonyl (C=O) groups is 4. The van der Waals surface area contributed by atoms with Gasteiger partial charge in [0.25, 0.3) is 0 Å². The Labute approximate surface area is 217 Å². The highest BCUT2D eigenvalue weighted by molar-refractivity contribution is 5.74. The van der Waals surface area contributed by atoms with Crippen molar-refractivity contribution in [1.29, 1.82) is 0 Å². The van der Waals surface area contributed by atoms with E-state index >= 15 is 0 Å². The monoisotopic (exact) mass is 526 g/mol. The van der Waals surface area contributed by atoms with Crippen molar-refractivity contribution in [2.75, 3.05) is 13.1 Å². The highest BCUT2D eigenvalue weighted by Crippen LogP contribution is 2.04. The number of aliphatic carboxylic acids is 4. The maximum Gasteiger partial charge on any atom is 0.320 e. The number of hydrogen-bond donors (Lipinski definition) is 8. The van der Waals surface area contributed by atoms with Gasteiger partial charge in [0.15, 0.2) is 0 Å². The molecule has 1 aromatic rings. The van der Waals surface area contributed by atoms with Crippen molar-refractivity contribution >= 4 is 23.9 Å². The molecule has 0 aromatic heterocycles. The molecule has 210 valence electrons. The first-order valence-corrected chi connectivity index (χ1v) is 12.3. The summed E-state index contributed by atoms with van der Waals surface area (Å²) in [5.74, 6) is -2.95. The van der Waals surface area contributed by atoms with Crippen LogP contribution in [0.1, 0.15) is 51.5 Å². The van der Waals surface area contributed by atoms with E-state index in [1.807, 2.05) is 44.2 Å². The molecule has 0 saturated carbocycles. The Morgan fingerprint density at radius 2 is 1.24 bits per heavy atom. The maximum atomic E-state index is 10.4. The van der Waals surface area contributed by atoms with Crippen LogP contribution in [0.25, 0.3) is 0 Å². The molecule has 0 aliphatic carbocycles. The highest BCUT2D eigenvalue weighted by atomic mass is 16.4. The fourth-order valence-electron chi connectivity index (χ4n) is 3.35. The molecule has 4 atom stereocenters. The van der Waals surface area contributed by atoms with Gasteiger partial charge in [-0.05, 0) is 63.1 Å². The first kappa shape index (κ1) is 33.9. The summed E-state index contributed by atoms with van der Waals surface area (Å²) in [6.07, 6.45) is 4.50. The van der Waals surface area contributed by atoms with E-state index in [2.05, 4.69) is 10.6 Å². The lowest BCUT2D eigenvalue weighted by atomic mass is 10.1. The van der Waals surface area contributed by atoms with E-state index in [1.165, 1.54) is 0 Å². The largest absolute Gasteiger partial charge is 0.480 e. The number of rotatable bonds is 8. The predicted octanol–water partition coefficient (Wildman–Crippen LogP) is 0.731. The molecule has 2 aliphatic heterocycles. The summed E-state index contributed by atoms with van der Waals surface area (Å²) in [6.45, 7) is 5.61. The van der Waals surface area contributed by atoms with Crippen LogP contribution in [0.2, 0.25) is 0 Å². The van der Waals surface area contributed by atoms with Crippen LogP contribution < -0.4 is 22.1 Å². The fraction of sp³-hybridized carbons (Fsp3) is 0.600. The van der Waals surface area contributed by atoms with Crippen LogP contribution in [-0.4, -0.2) is 81.6 Å². The van der Waals surface area contributed by atoms with Crippen LogP contribution in [0.5, 0.6) is 0 Å². The fourth-order valence-corrected chi connectivity index (χ4v) is 3.35. The van der Waals surface area contributed by atoms with E-state index < -0.39 is 36.0 Å². The quantitative estimate of drug-likeness (QED) is 0.235. The second-order valence-corrected chi connectivity index (χ2v) is 9.18. The van der Waals surface area contributed by atoms with Crippen molar-refractivity contribution in [1.82, 2.24) is 10.6 Å². The summed E-state index contributed by atoms with van der Waals surface area (Å²) in [5, 5.41) is 39.2. The summed E-state index contributed by atoms with van der Waals surface area (Å²) in [4.78, 5) is 40.8. The molecule has 2 heterocycles. The summed E-state index contributed by atoms with van der Waals surface area (Å²) >= 11 is 0. The first-order valence-electron chi connectivity index (χ1n) is 12.3. The third kappa shape index (κ3) is 17.1. The number of carboxylic acids is 4. The molecule has 2 saturated heterocycles. The Kier molecular flexibility index (Phi) is 17.5. The Morgan fingerprint density at radius 3 is 1.49 bits per heavy atom. The zero-order chi connectivity index (χ0) is 28.4. The maximum absolute atomic E-state index is 10.4. The zero-order valence-electron chi connectivity index (χ0n) is 21.5. The summed E-state index contributed by atoms with van der Waals surface area (Å²) in [7, 11) is 0. The Hall–Kier alpha value is -3.06. The van der Waals surface area contributed by atoms with Crippen molar-refractivity contribution < 1.29 is 39.6 Å². The lowest BCUT2D eigenvalue weighted by molar-refractivity contribution is -0.140. The van der Waals surface area contributed by atoms with Crippen LogP contribution in [0.15, 0.2) is 30.3 Å². The van der Waals surface area contributed by atoms with E-state index in [9.17, 15) is 19.2 Å². The van der Waals surface area contributed by atoms with Crippen molar-refractivity contribution in [2.24, 2.45) is 17.4 Å². The highest BCUT2D eigenvalue weighted by Gasteiger charge is 2.20. The van der Waals surface area contributed by atoms with Gasteiger partial charge in [-0.1, -0.05) is 44.2 Å². The summed E-state index contributed by atoms with van der Waals surface area (Å²) in [5.41, 5.74) is 11.5. The minimum atomic E-state index is -0.959. The van der Waals surface area contributed by atoms with Crippen LogP contribution in [0.3, 0.4) is 0 Å². The number of nitrogens with one attached hydrogen (secondary N) is 2. The molecule has 0 amide bonds. The van der Waals surface area contributed by atoms with Gasteiger partial charge in [0.2, 0.25) is 0 Å². The predicted molar refractivity (Wildman–Crippen MR) is 138 cm³/mol. The number of benzene rings is 1. The molecule has 12 heteroatoms. The SMILES string of the molecule is CC(C)C[C@H](N)C(=O)O.N[C@@H](Cc1ccccc1)C(=O)O.O=C(O)[C@@H]1CCCN1.O=C(O)[C@@H]1CCCN1. The van der Waals surface area contributed by atoms with Crippen molar-refractivity contribution in [3.8, 4) is 0 Å². The van der Waals surface area contributed by atoms with Gasteiger partial charge in [-0.3, -0.25) is 19.2 Å². The number of hydrogen-bond acceptors (Lipinski definition) is 8. The Balaban J connectivity index is 0.000000474. The topological polar surface area (TPSA) is 225 Å². The van der Waals surface area contributed by atoms with Crippen molar-refractivity contribution in [2.45, 2.75) is 76.5 Å². The van der Waals surface area contributed by atoms with Gasteiger partial charge in [0.1, 0.15) is 24.2 Å². The molecule has 12 nitrogen and oxygen atoms in total. The molecule has 0 unspecified atom stereocenters. The third-order valence-corrected chi connectivity index (χ3v) is 5.37.